The van der Waals surface area contributed by atoms with Gasteiger partial charge in [0, 0.05) is 37.2 Å². The van der Waals surface area contributed by atoms with Gasteiger partial charge in [0.15, 0.2) is 5.96 Å². The first-order chi connectivity index (χ1) is 13.6. The third-order valence-corrected chi connectivity index (χ3v) is 4.62. The van der Waals surface area contributed by atoms with E-state index in [1.165, 1.54) is 12.1 Å². The SMILES string of the molecule is CCNC(=NCC1CC(=O)Nc2ccccc21)NCCc1ccc(F)cc1F. The molecule has 0 saturated carbocycles. The van der Waals surface area contributed by atoms with Crippen LogP contribution >= 0.6 is 0 Å². The van der Waals surface area contributed by atoms with Crippen LogP contribution in [0.1, 0.15) is 30.4 Å². The minimum absolute atomic E-state index is 0.00921. The van der Waals surface area contributed by atoms with E-state index >= 15 is 0 Å². The van der Waals surface area contributed by atoms with E-state index in [2.05, 4.69) is 20.9 Å². The summed E-state index contributed by atoms with van der Waals surface area (Å²) < 4.78 is 26.7. The highest BCUT2D eigenvalue weighted by molar-refractivity contribution is 5.94. The van der Waals surface area contributed by atoms with Crippen molar-refractivity contribution in [3.63, 3.8) is 0 Å². The minimum atomic E-state index is -0.582. The zero-order chi connectivity index (χ0) is 19.9. The van der Waals surface area contributed by atoms with Crippen molar-refractivity contribution in [2.24, 2.45) is 4.99 Å². The zero-order valence-electron chi connectivity index (χ0n) is 15.8. The lowest BCUT2D eigenvalue weighted by Crippen LogP contribution is -2.39. The fourth-order valence-corrected chi connectivity index (χ4v) is 3.25. The van der Waals surface area contributed by atoms with Crippen LogP contribution < -0.4 is 16.0 Å². The third-order valence-electron chi connectivity index (χ3n) is 4.62. The van der Waals surface area contributed by atoms with E-state index < -0.39 is 11.6 Å². The molecule has 0 fully saturated rings. The Bertz CT molecular complexity index is 869. The lowest BCUT2D eigenvalue weighted by molar-refractivity contribution is -0.116. The van der Waals surface area contributed by atoms with E-state index in [0.29, 0.717) is 44.0 Å². The zero-order valence-corrected chi connectivity index (χ0v) is 15.8. The second kappa shape index (κ2) is 9.30. The van der Waals surface area contributed by atoms with Crippen LogP contribution in [0, 0.1) is 11.6 Å². The lowest BCUT2D eigenvalue weighted by atomic mass is 9.91. The van der Waals surface area contributed by atoms with Gasteiger partial charge in [0.2, 0.25) is 5.91 Å². The number of halogens is 2. The second-order valence-electron chi connectivity index (χ2n) is 6.67. The highest BCUT2D eigenvalue weighted by Crippen LogP contribution is 2.31. The predicted octanol–water partition coefficient (Wildman–Crippen LogP) is 3.19. The minimum Gasteiger partial charge on any atom is -0.357 e. The summed E-state index contributed by atoms with van der Waals surface area (Å²) in [6.07, 6.45) is 0.798. The van der Waals surface area contributed by atoms with Crippen LogP contribution in [0.25, 0.3) is 0 Å². The van der Waals surface area contributed by atoms with Crippen LogP contribution in [0.5, 0.6) is 0 Å². The average Bonchev–Trinajstić information content (AvgIpc) is 2.67. The number of hydrogen-bond donors (Lipinski definition) is 3. The number of guanidine groups is 1. The van der Waals surface area contributed by atoms with Gasteiger partial charge in [-0.2, -0.15) is 0 Å². The first-order valence-corrected chi connectivity index (χ1v) is 9.41. The van der Waals surface area contributed by atoms with Gasteiger partial charge in [-0.15, -0.1) is 0 Å². The molecule has 2 aromatic rings. The van der Waals surface area contributed by atoms with Crippen LogP contribution in [-0.2, 0) is 11.2 Å². The Balaban J connectivity index is 1.62. The number of benzene rings is 2. The number of aliphatic imine (C=N–C) groups is 1. The quantitative estimate of drug-likeness (QED) is 0.528. The maximum atomic E-state index is 13.7. The molecule has 148 valence electrons. The highest BCUT2D eigenvalue weighted by Gasteiger charge is 2.24. The number of anilines is 1. The number of carbonyl (C=O) groups is 1. The molecule has 0 spiro atoms. The summed E-state index contributed by atoms with van der Waals surface area (Å²) in [5.41, 5.74) is 2.36. The predicted molar refractivity (Wildman–Crippen MR) is 106 cm³/mol. The van der Waals surface area contributed by atoms with E-state index in [1.807, 2.05) is 31.2 Å². The molecule has 1 amide bonds. The van der Waals surface area contributed by atoms with Crippen molar-refractivity contribution in [1.29, 1.82) is 0 Å². The lowest BCUT2D eigenvalue weighted by Gasteiger charge is -2.24. The summed E-state index contributed by atoms with van der Waals surface area (Å²) in [7, 11) is 0. The first-order valence-electron chi connectivity index (χ1n) is 9.41. The van der Waals surface area contributed by atoms with E-state index in [0.717, 1.165) is 17.3 Å². The number of amides is 1. The largest absolute Gasteiger partial charge is 0.357 e. The Morgan fingerprint density at radius 3 is 2.82 bits per heavy atom. The fraction of sp³-hybridized carbons (Fsp3) is 0.333. The van der Waals surface area contributed by atoms with Crippen molar-refractivity contribution in [2.75, 3.05) is 25.0 Å². The van der Waals surface area contributed by atoms with Crippen LogP contribution in [0.4, 0.5) is 14.5 Å². The molecule has 3 N–H and O–H groups in total. The molecule has 7 heteroatoms. The molecular weight excluding hydrogens is 362 g/mol. The number of nitrogens with zero attached hydrogens (tertiary/aromatic N) is 1. The standard InChI is InChI=1S/C21H24F2N4O/c1-2-24-21(25-10-9-14-7-8-16(22)12-18(14)23)26-13-15-11-20(28)27-19-6-4-3-5-17(15)19/h3-8,12,15H,2,9-11,13H2,1H3,(H,27,28)(H2,24,25,26). The Kier molecular flexibility index (Phi) is 6.57. The molecule has 0 aromatic heterocycles. The van der Waals surface area contributed by atoms with Gasteiger partial charge in [0.25, 0.3) is 0 Å². The Labute approximate surface area is 163 Å². The van der Waals surface area contributed by atoms with E-state index in [-0.39, 0.29) is 11.8 Å². The van der Waals surface area contributed by atoms with Crippen molar-refractivity contribution in [2.45, 2.75) is 25.7 Å². The molecule has 0 aliphatic carbocycles. The summed E-state index contributed by atoms with van der Waals surface area (Å²) >= 11 is 0. The topological polar surface area (TPSA) is 65.5 Å². The van der Waals surface area contributed by atoms with Crippen LogP contribution in [0.15, 0.2) is 47.5 Å². The van der Waals surface area contributed by atoms with Gasteiger partial charge in [-0.3, -0.25) is 9.79 Å². The fourth-order valence-electron chi connectivity index (χ4n) is 3.25. The van der Waals surface area contributed by atoms with Crippen molar-refractivity contribution in [3.8, 4) is 0 Å². The number of para-hydroxylation sites is 1. The maximum absolute atomic E-state index is 13.7. The van der Waals surface area contributed by atoms with E-state index in [9.17, 15) is 13.6 Å². The van der Waals surface area contributed by atoms with E-state index in [1.54, 1.807) is 0 Å². The Hall–Kier alpha value is -2.96. The van der Waals surface area contributed by atoms with Gasteiger partial charge in [-0.25, -0.2) is 8.78 Å². The summed E-state index contributed by atoms with van der Waals surface area (Å²) in [5, 5.41) is 9.20. The molecule has 0 saturated heterocycles. The van der Waals surface area contributed by atoms with Crippen LogP contribution in [-0.4, -0.2) is 31.5 Å². The van der Waals surface area contributed by atoms with Crippen LogP contribution in [0.3, 0.4) is 0 Å². The first kappa shape index (κ1) is 19.8. The molecule has 2 aromatic carbocycles. The molecule has 0 radical (unpaired) electrons. The van der Waals surface area contributed by atoms with Crippen LogP contribution in [0.2, 0.25) is 0 Å². The Morgan fingerprint density at radius 1 is 1.21 bits per heavy atom. The summed E-state index contributed by atoms with van der Waals surface area (Å²) in [6, 6.07) is 11.3. The number of fused-ring (bicyclic) bond motifs is 1. The average molecular weight is 386 g/mol. The molecule has 0 bridgehead atoms. The summed E-state index contributed by atoms with van der Waals surface area (Å²) in [4.78, 5) is 16.5. The van der Waals surface area contributed by atoms with Gasteiger partial charge in [-0.05, 0) is 36.6 Å². The van der Waals surface area contributed by atoms with Gasteiger partial charge >= 0.3 is 0 Å². The number of rotatable bonds is 6. The highest BCUT2D eigenvalue weighted by atomic mass is 19.1. The third kappa shape index (κ3) is 5.06. The van der Waals surface area contributed by atoms with Gasteiger partial charge < -0.3 is 16.0 Å². The normalized spacial score (nSPS) is 16.3. The van der Waals surface area contributed by atoms with E-state index in [4.69, 9.17) is 0 Å². The molecule has 1 heterocycles. The number of hydrogen-bond acceptors (Lipinski definition) is 2. The van der Waals surface area contributed by atoms with Crippen molar-refractivity contribution < 1.29 is 13.6 Å². The maximum Gasteiger partial charge on any atom is 0.225 e. The number of nitrogens with one attached hydrogen (secondary N) is 3. The van der Waals surface area contributed by atoms with Gasteiger partial charge in [0.1, 0.15) is 11.6 Å². The molecular formula is C21H24F2N4O. The van der Waals surface area contributed by atoms with Crippen molar-refractivity contribution >= 4 is 17.6 Å². The van der Waals surface area contributed by atoms with Gasteiger partial charge in [0.05, 0.1) is 6.54 Å². The van der Waals surface area contributed by atoms with Gasteiger partial charge in [-0.1, -0.05) is 24.3 Å². The molecule has 1 aliphatic rings. The molecule has 1 atom stereocenters. The summed E-state index contributed by atoms with van der Waals surface area (Å²) in [6.45, 7) is 3.56. The molecule has 5 nitrogen and oxygen atoms in total. The Morgan fingerprint density at radius 2 is 2.04 bits per heavy atom. The molecule has 28 heavy (non-hydrogen) atoms. The molecule has 1 unspecified atom stereocenters. The second-order valence-corrected chi connectivity index (χ2v) is 6.67. The summed E-state index contributed by atoms with van der Waals surface area (Å²) in [5.74, 6) is -0.526. The van der Waals surface area contributed by atoms with Crippen molar-refractivity contribution in [3.05, 3.63) is 65.2 Å². The smallest absolute Gasteiger partial charge is 0.225 e. The number of carbonyl (C=O) groups excluding carboxylic acids is 1. The van der Waals surface area contributed by atoms with Crippen molar-refractivity contribution in [1.82, 2.24) is 10.6 Å². The molecule has 1 aliphatic heterocycles. The molecule has 3 rings (SSSR count). The monoisotopic (exact) mass is 386 g/mol.